The molecule has 24 heavy (non-hydrogen) atoms. The molecule has 7 heteroatoms. The van der Waals surface area contributed by atoms with E-state index in [1.807, 2.05) is 19.1 Å². The maximum atomic E-state index is 12.8. The second kappa shape index (κ2) is 7.92. The summed E-state index contributed by atoms with van der Waals surface area (Å²) in [6.45, 7) is 1.77. The Morgan fingerprint density at radius 1 is 1.12 bits per heavy atom. The Hall–Kier alpha value is -2.41. The zero-order chi connectivity index (χ0) is 17.7. The molecule has 2 aromatic carbocycles. The number of hydrogen-bond donors (Lipinski definition) is 2. The first-order chi connectivity index (χ1) is 11.3. The van der Waals surface area contributed by atoms with Gasteiger partial charge in [-0.15, -0.1) is 0 Å². The van der Waals surface area contributed by atoms with E-state index in [1.54, 1.807) is 6.07 Å². The molecule has 0 aliphatic heterocycles. The average Bonchev–Trinajstić information content (AvgIpc) is 2.52. The molecule has 0 aromatic heterocycles. The van der Waals surface area contributed by atoms with Gasteiger partial charge in [0, 0.05) is 22.9 Å². The van der Waals surface area contributed by atoms with Crippen molar-refractivity contribution in [3.05, 3.63) is 58.3 Å². The Kier molecular flexibility index (Phi) is 5.92. The van der Waals surface area contributed by atoms with Gasteiger partial charge in [-0.1, -0.05) is 15.9 Å². The fourth-order valence-corrected chi connectivity index (χ4v) is 2.47. The van der Waals surface area contributed by atoms with E-state index >= 15 is 0 Å². The summed E-state index contributed by atoms with van der Waals surface area (Å²) in [5.41, 5.74) is 2.06. The first kappa shape index (κ1) is 17.9. The van der Waals surface area contributed by atoms with Crippen molar-refractivity contribution in [1.82, 2.24) is 4.90 Å². The van der Waals surface area contributed by atoms with E-state index in [0.717, 1.165) is 10.0 Å². The number of urea groups is 1. The third-order valence-electron chi connectivity index (χ3n) is 3.29. The first-order valence-corrected chi connectivity index (χ1v) is 7.98. The van der Waals surface area contributed by atoms with Crippen LogP contribution in [-0.2, 0) is 4.79 Å². The quantitative estimate of drug-likeness (QED) is 0.824. The molecule has 2 aromatic rings. The van der Waals surface area contributed by atoms with Gasteiger partial charge in [0.05, 0.1) is 0 Å². The van der Waals surface area contributed by atoms with Crippen LogP contribution in [0.25, 0.3) is 0 Å². The molecule has 0 spiro atoms. The van der Waals surface area contributed by atoms with Gasteiger partial charge in [-0.25, -0.2) is 9.18 Å². The lowest BCUT2D eigenvalue weighted by Crippen LogP contribution is -2.37. The zero-order valence-electron chi connectivity index (χ0n) is 13.3. The van der Waals surface area contributed by atoms with Gasteiger partial charge in [0.1, 0.15) is 12.4 Å². The van der Waals surface area contributed by atoms with Crippen molar-refractivity contribution >= 4 is 39.2 Å². The molecule has 0 fully saturated rings. The molecular weight excluding hydrogens is 377 g/mol. The standard InChI is InChI=1S/C17H17BrFN3O2/c1-11-9-12(18)3-8-15(11)21-16(23)10-22(2)17(24)20-14-6-4-13(19)5-7-14/h3-9H,10H2,1-2H3,(H,20,24)(H,21,23). The number of carbonyl (C=O) groups excluding carboxylic acids is 2. The molecule has 0 aliphatic carbocycles. The minimum atomic E-state index is -0.454. The maximum absolute atomic E-state index is 12.8. The second-order valence-corrected chi connectivity index (χ2v) is 6.22. The van der Waals surface area contributed by atoms with Gasteiger partial charge in [-0.3, -0.25) is 4.79 Å². The number of rotatable bonds is 4. The Bertz CT molecular complexity index is 750. The number of anilines is 2. The Labute approximate surface area is 148 Å². The van der Waals surface area contributed by atoms with Crippen LogP contribution < -0.4 is 10.6 Å². The van der Waals surface area contributed by atoms with E-state index in [0.29, 0.717) is 11.4 Å². The van der Waals surface area contributed by atoms with E-state index < -0.39 is 6.03 Å². The maximum Gasteiger partial charge on any atom is 0.322 e. The van der Waals surface area contributed by atoms with Gasteiger partial charge in [0.15, 0.2) is 0 Å². The molecule has 0 radical (unpaired) electrons. The van der Waals surface area contributed by atoms with E-state index in [9.17, 15) is 14.0 Å². The summed E-state index contributed by atoms with van der Waals surface area (Å²) in [5, 5.41) is 5.35. The van der Waals surface area contributed by atoms with Crippen LogP contribution in [-0.4, -0.2) is 30.4 Å². The largest absolute Gasteiger partial charge is 0.324 e. The lowest BCUT2D eigenvalue weighted by atomic mass is 10.2. The third kappa shape index (κ3) is 5.06. The van der Waals surface area contributed by atoms with Crippen LogP contribution in [0.1, 0.15) is 5.56 Å². The topological polar surface area (TPSA) is 61.4 Å². The summed E-state index contributed by atoms with van der Waals surface area (Å²) >= 11 is 3.36. The van der Waals surface area contributed by atoms with E-state index in [1.165, 1.54) is 36.2 Å². The Morgan fingerprint density at radius 3 is 2.42 bits per heavy atom. The van der Waals surface area contributed by atoms with Gasteiger partial charge in [-0.2, -0.15) is 0 Å². The molecule has 0 saturated heterocycles. The fraction of sp³-hybridized carbons (Fsp3) is 0.176. The number of hydrogen-bond acceptors (Lipinski definition) is 2. The van der Waals surface area contributed by atoms with E-state index in [2.05, 4.69) is 26.6 Å². The number of halogens is 2. The number of likely N-dealkylation sites (N-methyl/N-ethyl adjacent to an activating group) is 1. The molecule has 0 heterocycles. The summed E-state index contributed by atoms with van der Waals surface area (Å²) in [6.07, 6.45) is 0. The molecular formula is C17H17BrFN3O2. The zero-order valence-corrected chi connectivity index (χ0v) is 14.9. The van der Waals surface area contributed by atoms with Gasteiger partial charge in [0.25, 0.3) is 0 Å². The summed E-state index contributed by atoms with van der Waals surface area (Å²) < 4.78 is 13.8. The number of nitrogens with one attached hydrogen (secondary N) is 2. The van der Waals surface area contributed by atoms with Crippen molar-refractivity contribution in [3.63, 3.8) is 0 Å². The molecule has 0 aliphatic rings. The van der Waals surface area contributed by atoms with Crippen molar-refractivity contribution in [2.45, 2.75) is 6.92 Å². The van der Waals surface area contributed by atoms with Gasteiger partial charge < -0.3 is 15.5 Å². The second-order valence-electron chi connectivity index (χ2n) is 5.30. The van der Waals surface area contributed by atoms with Crippen LogP contribution in [0.4, 0.5) is 20.6 Å². The number of benzene rings is 2. The highest BCUT2D eigenvalue weighted by Crippen LogP contribution is 2.20. The van der Waals surface area contributed by atoms with Crippen molar-refractivity contribution in [1.29, 1.82) is 0 Å². The van der Waals surface area contributed by atoms with Gasteiger partial charge >= 0.3 is 6.03 Å². The van der Waals surface area contributed by atoms with Crippen LogP contribution in [0.15, 0.2) is 46.9 Å². The minimum Gasteiger partial charge on any atom is -0.324 e. The average molecular weight is 394 g/mol. The van der Waals surface area contributed by atoms with Gasteiger partial charge in [-0.05, 0) is 55.0 Å². The highest BCUT2D eigenvalue weighted by molar-refractivity contribution is 9.10. The highest BCUT2D eigenvalue weighted by atomic mass is 79.9. The molecule has 0 unspecified atom stereocenters. The van der Waals surface area contributed by atoms with Crippen LogP contribution in [0.5, 0.6) is 0 Å². The highest BCUT2D eigenvalue weighted by Gasteiger charge is 2.14. The third-order valence-corrected chi connectivity index (χ3v) is 3.78. The number of aryl methyl sites for hydroxylation is 1. The molecule has 126 valence electrons. The monoisotopic (exact) mass is 393 g/mol. The van der Waals surface area contributed by atoms with Crippen LogP contribution in [0, 0.1) is 12.7 Å². The summed E-state index contributed by atoms with van der Waals surface area (Å²) in [6, 6.07) is 10.4. The van der Waals surface area contributed by atoms with Gasteiger partial charge in [0.2, 0.25) is 5.91 Å². The SMILES string of the molecule is Cc1cc(Br)ccc1NC(=O)CN(C)C(=O)Nc1ccc(F)cc1. The van der Waals surface area contributed by atoms with Crippen molar-refractivity contribution in [3.8, 4) is 0 Å². The molecule has 3 amide bonds. The Balaban J connectivity index is 1.90. The fourth-order valence-electron chi connectivity index (χ4n) is 2.00. The molecule has 2 rings (SSSR count). The lowest BCUT2D eigenvalue weighted by molar-refractivity contribution is -0.116. The first-order valence-electron chi connectivity index (χ1n) is 7.19. The molecule has 5 nitrogen and oxygen atoms in total. The van der Waals surface area contributed by atoms with Crippen molar-refractivity contribution in [2.75, 3.05) is 24.2 Å². The van der Waals surface area contributed by atoms with Crippen LogP contribution >= 0.6 is 15.9 Å². The molecule has 2 N–H and O–H groups in total. The molecule has 0 bridgehead atoms. The van der Waals surface area contributed by atoms with Crippen molar-refractivity contribution < 1.29 is 14.0 Å². The van der Waals surface area contributed by atoms with E-state index in [-0.39, 0.29) is 18.3 Å². The minimum absolute atomic E-state index is 0.109. The predicted molar refractivity (Wildman–Crippen MR) is 95.6 cm³/mol. The summed E-state index contributed by atoms with van der Waals surface area (Å²) in [4.78, 5) is 25.3. The predicted octanol–water partition coefficient (Wildman–Crippen LogP) is 4.00. The summed E-state index contributed by atoms with van der Waals surface area (Å²) in [7, 11) is 1.51. The number of amides is 3. The van der Waals surface area contributed by atoms with Crippen molar-refractivity contribution in [2.24, 2.45) is 0 Å². The number of nitrogens with zero attached hydrogens (tertiary/aromatic N) is 1. The molecule has 0 atom stereocenters. The molecule has 0 saturated carbocycles. The van der Waals surface area contributed by atoms with Crippen LogP contribution in [0.2, 0.25) is 0 Å². The normalized spacial score (nSPS) is 10.2. The van der Waals surface area contributed by atoms with Crippen LogP contribution in [0.3, 0.4) is 0 Å². The van der Waals surface area contributed by atoms with E-state index in [4.69, 9.17) is 0 Å². The number of carbonyl (C=O) groups is 2. The smallest absolute Gasteiger partial charge is 0.322 e. The summed E-state index contributed by atoms with van der Waals surface area (Å²) in [5.74, 6) is -0.692. The lowest BCUT2D eigenvalue weighted by Gasteiger charge is -2.18. The Morgan fingerprint density at radius 2 is 1.79 bits per heavy atom.